The molecule has 1 saturated carbocycles. The number of thioether (sulfide) groups is 1. The van der Waals surface area contributed by atoms with Gasteiger partial charge < -0.3 is 10.7 Å². The van der Waals surface area contributed by atoms with Crippen molar-refractivity contribution in [3.8, 4) is 0 Å². The highest BCUT2D eigenvalue weighted by Crippen LogP contribution is 2.30. The lowest BCUT2D eigenvalue weighted by atomic mass is 10.1. The first-order chi connectivity index (χ1) is 9.65. The van der Waals surface area contributed by atoms with Gasteiger partial charge >= 0.3 is 0 Å². The molecule has 0 saturated heterocycles. The molecule has 1 aromatic carbocycles. The summed E-state index contributed by atoms with van der Waals surface area (Å²) in [6.07, 6.45) is 3.46. The average molecular weight is 293 g/mol. The maximum Gasteiger partial charge on any atom is 0.253 e. The number of hydrazine groups is 1. The molecule has 5 heteroatoms. The molecular weight excluding hydrogens is 270 g/mol. The van der Waals surface area contributed by atoms with Crippen LogP contribution < -0.4 is 16.6 Å². The van der Waals surface area contributed by atoms with Crippen molar-refractivity contribution in [2.75, 3.05) is 11.2 Å². The van der Waals surface area contributed by atoms with E-state index < -0.39 is 0 Å². The number of benzene rings is 1. The van der Waals surface area contributed by atoms with Crippen molar-refractivity contribution in [1.82, 2.24) is 5.32 Å². The number of carbonyl (C=O) groups excluding carboxylic acids is 1. The van der Waals surface area contributed by atoms with Crippen LogP contribution in [0.4, 0.5) is 5.69 Å². The number of anilines is 1. The Balaban J connectivity index is 2.10. The highest BCUT2D eigenvalue weighted by Gasteiger charge is 2.29. The molecule has 4 N–H and O–H groups in total. The van der Waals surface area contributed by atoms with E-state index in [0.717, 1.165) is 17.7 Å². The van der Waals surface area contributed by atoms with Crippen LogP contribution >= 0.6 is 11.8 Å². The summed E-state index contributed by atoms with van der Waals surface area (Å²) in [7, 11) is 0. The van der Waals surface area contributed by atoms with Crippen LogP contribution in [0.2, 0.25) is 0 Å². The molecule has 0 bridgehead atoms. The Hall–Kier alpha value is -1.20. The van der Waals surface area contributed by atoms with Gasteiger partial charge in [-0.3, -0.25) is 10.6 Å². The molecule has 2 rings (SSSR count). The van der Waals surface area contributed by atoms with E-state index in [1.54, 1.807) is 0 Å². The first-order valence-corrected chi connectivity index (χ1v) is 8.20. The summed E-state index contributed by atoms with van der Waals surface area (Å²) in [5.74, 6) is 6.55. The second-order valence-electron chi connectivity index (χ2n) is 5.20. The second kappa shape index (κ2) is 6.99. The topological polar surface area (TPSA) is 67.2 Å². The number of amides is 1. The lowest BCUT2D eigenvalue weighted by Crippen LogP contribution is -2.39. The van der Waals surface area contributed by atoms with E-state index in [-0.39, 0.29) is 11.9 Å². The number of carbonyl (C=O) groups is 1. The monoisotopic (exact) mass is 293 g/mol. The standard InChI is InChI=1S/C15H23N3OS/c1-3-20-14-6-4-5-13(14)17-15(19)11-9-10(2)7-8-12(11)18-16/h7-9,13-14,18H,3-6,16H2,1-2H3,(H,17,19). The van der Waals surface area contributed by atoms with Crippen molar-refractivity contribution in [2.45, 2.75) is 44.4 Å². The molecule has 2 atom stereocenters. The first kappa shape index (κ1) is 15.2. The maximum atomic E-state index is 12.5. The fourth-order valence-corrected chi connectivity index (χ4v) is 3.92. The molecule has 0 aromatic heterocycles. The fourth-order valence-electron chi connectivity index (χ4n) is 2.72. The number of nitrogens with two attached hydrogens (primary N) is 1. The zero-order valence-corrected chi connectivity index (χ0v) is 12.9. The van der Waals surface area contributed by atoms with Crippen LogP contribution in [0.3, 0.4) is 0 Å². The Morgan fingerprint density at radius 2 is 2.25 bits per heavy atom. The van der Waals surface area contributed by atoms with Crippen LogP contribution in [0, 0.1) is 6.92 Å². The molecule has 110 valence electrons. The normalized spacial score (nSPS) is 21.8. The maximum absolute atomic E-state index is 12.5. The summed E-state index contributed by atoms with van der Waals surface area (Å²) in [5, 5.41) is 3.72. The van der Waals surface area contributed by atoms with Crippen molar-refractivity contribution in [1.29, 1.82) is 0 Å². The van der Waals surface area contributed by atoms with Crippen LogP contribution in [-0.2, 0) is 0 Å². The van der Waals surface area contributed by atoms with E-state index >= 15 is 0 Å². The minimum atomic E-state index is -0.0322. The lowest BCUT2D eigenvalue weighted by Gasteiger charge is -2.21. The van der Waals surface area contributed by atoms with E-state index in [1.807, 2.05) is 36.9 Å². The van der Waals surface area contributed by atoms with Crippen molar-refractivity contribution in [3.63, 3.8) is 0 Å². The Labute approximate surface area is 124 Å². The summed E-state index contributed by atoms with van der Waals surface area (Å²) < 4.78 is 0. The van der Waals surface area contributed by atoms with Gasteiger partial charge in [0.1, 0.15) is 0 Å². The van der Waals surface area contributed by atoms with Crippen molar-refractivity contribution in [2.24, 2.45) is 5.84 Å². The van der Waals surface area contributed by atoms with E-state index in [0.29, 0.717) is 16.5 Å². The summed E-state index contributed by atoms with van der Waals surface area (Å²) in [6, 6.07) is 5.94. The summed E-state index contributed by atoms with van der Waals surface area (Å²) >= 11 is 1.94. The molecule has 2 unspecified atom stereocenters. The van der Waals surface area contributed by atoms with Gasteiger partial charge in [0.15, 0.2) is 0 Å². The van der Waals surface area contributed by atoms with E-state index in [4.69, 9.17) is 5.84 Å². The molecule has 0 aliphatic heterocycles. The van der Waals surface area contributed by atoms with Gasteiger partial charge in [-0.05, 0) is 37.7 Å². The molecule has 1 aromatic rings. The third-order valence-electron chi connectivity index (χ3n) is 3.72. The predicted octanol–water partition coefficient (Wildman–Crippen LogP) is 2.68. The van der Waals surface area contributed by atoms with Crippen molar-refractivity contribution >= 4 is 23.4 Å². The zero-order chi connectivity index (χ0) is 14.5. The van der Waals surface area contributed by atoms with Crippen LogP contribution in [0.1, 0.15) is 42.1 Å². The quantitative estimate of drug-likeness (QED) is 0.577. The molecule has 1 fully saturated rings. The number of hydrogen-bond acceptors (Lipinski definition) is 4. The number of hydrogen-bond donors (Lipinski definition) is 3. The van der Waals surface area contributed by atoms with Gasteiger partial charge in [0, 0.05) is 11.3 Å². The molecule has 0 spiro atoms. The number of rotatable bonds is 5. The van der Waals surface area contributed by atoms with Crippen LogP contribution in [0.15, 0.2) is 18.2 Å². The minimum absolute atomic E-state index is 0.0322. The van der Waals surface area contributed by atoms with E-state index in [9.17, 15) is 4.79 Å². The lowest BCUT2D eigenvalue weighted by molar-refractivity contribution is 0.0939. The SMILES string of the molecule is CCSC1CCCC1NC(=O)c1cc(C)ccc1NN. The zero-order valence-electron chi connectivity index (χ0n) is 12.1. The number of nitrogens with one attached hydrogen (secondary N) is 2. The van der Waals surface area contributed by atoms with E-state index in [2.05, 4.69) is 17.7 Å². The first-order valence-electron chi connectivity index (χ1n) is 7.15. The Morgan fingerprint density at radius 3 is 2.95 bits per heavy atom. The highest BCUT2D eigenvalue weighted by atomic mass is 32.2. The molecule has 1 aliphatic carbocycles. The third kappa shape index (κ3) is 3.46. The summed E-state index contributed by atoms with van der Waals surface area (Å²) in [6.45, 7) is 4.14. The largest absolute Gasteiger partial charge is 0.348 e. The highest BCUT2D eigenvalue weighted by molar-refractivity contribution is 7.99. The Morgan fingerprint density at radius 1 is 1.45 bits per heavy atom. The van der Waals surface area contributed by atoms with Crippen LogP contribution in [-0.4, -0.2) is 23.0 Å². The van der Waals surface area contributed by atoms with Gasteiger partial charge in [-0.2, -0.15) is 11.8 Å². The third-order valence-corrected chi connectivity index (χ3v) is 5.05. The molecule has 20 heavy (non-hydrogen) atoms. The number of nitrogen functional groups attached to an aromatic ring is 1. The van der Waals surface area contributed by atoms with Gasteiger partial charge in [-0.15, -0.1) is 0 Å². The van der Waals surface area contributed by atoms with E-state index in [1.165, 1.54) is 12.8 Å². The molecule has 1 aliphatic rings. The Bertz CT molecular complexity index is 478. The minimum Gasteiger partial charge on any atom is -0.348 e. The van der Waals surface area contributed by atoms with Gasteiger partial charge in [0.05, 0.1) is 11.3 Å². The molecule has 0 heterocycles. The second-order valence-corrected chi connectivity index (χ2v) is 6.71. The molecule has 1 amide bonds. The predicted molar refractivity (Wildman–Crippen MR) is 86.0 cm³/mol. The fraction of sp³-hybridized carbons (Fsp3) is 0.533. The summed E-state index contributed by atoms with van der Waals surface area (Å²) in [5.41, 5.74) is 4.95. The van der Waals surface area contributed by atoms with Gasteiger partial charge in [0.25, 0.3) is 5.91 Å². The van der Waals surface area contributed by atoms with Crippen LogP contribution in [0.5, 0.6) is 0 Å². The number of aryl methyl sites for hydroxylation is 1. The molecule has 0 radical (unpaired) electrons. The smallest absolute Gasteiger partial charge is 0.253 e. The molecule has 4 nitrogen and oxygen atoms in total. The Kier molecular flexibility index (Phi) is 5.31. The van der Waals surface area contributed by atoms with Crippen molar-refractivity contribution < 1.29 is 4.79 Å². The van der Waals surface area contributed by atoms with Gasteiger partial charge in [-0.25, -0.2) is 0 Å². The van der Waals surface area contributed by atoms with Crippen molar-refractivity contribution in [3.05, 3.63) is 29.3 Å². The summed E-state index contributed by atoms with van der Waals surface area (Å²) in [4.78, 5) is 12.5. The average Bonchev–Trinajstić information content (AvgIpc) is 2.86. The van der Waals surface area contributed by atoms with Crippen LogP contribution in [0.25, 0.3) is 0 Å². The molecular formula is C15H23N3OS. The van der Waals surface area contributed by atoms with Gasteiger partial charge in [-0.1, -0.05) is 25.0 Å². The van der Waals surface area contributed by atoms with Gasteiger partial charge in [0.2, 0.25) is 0 Å².